The summed E-state index contributed by atoms with van der Waals surface area (Å²) in [4.78, 5) is 14.3. The number of anilines is 2. The maximum atomic E-state index is 13.9. The molecule has 2 aromatic rings. The maximum Gasteiger partial charge on any atom is 0.246 e. The Kier molecular flexibility index (Phi) is 5.48. The van der Waals surface area contributed by atoms with E-state index in [0.29, 0.717) is 12.1 Å². The number of halogens is 2. The van der Waals surface area contributed by atoms with Crippen LogP contribution in [0.4, 0.5) is 15.8 Å². The van der Waals surface area contributed by atoms with Crippen molar-refractivity contribution in [2.45, 2.75) is 12.5 Å². The molecule has 2 aromatic carbocycles. The van der Waals surface area contributed by atoms with Gasteiger partial charge in [0.15, 0.2) is 9.84 Å². The van der Waals surface area contributed by atoms with Gasteiger partial charge in [-0.15, -0.1) is 0 Å². The van der Waals surface area contributed by atoms with E-state index < -0.39 is 21.7 Å². The average Bonchev–Trinajstić information content (AvgIpc) is 2.95. The van der Waals surface area contributed by atoms with Crippen LogP contribution in [0.5, 0.6) is 0 Å². The molecule has 1 saturated heterocycles. The summed E-state index contributed by atoms with van der Waals surface area (Å²) in [5.74, 6) is -0.885. The van der Waals surface area contributed by atoms with Gasteiger partial charge in [0, 0.05) is 10.7 Å². The molecule has 138 valence electrons. The lowest BCUT2D eigenvalue weighted by Gasteiger charge is -2.28. The molecule has 8 heteroatoms. The summed E-state index contributed by atoms with van der Waals surface area (Å²) in [6.07, 6.45) is 0.387. The van der Waals surface area contributed by atoms with E-state index in [0.717, 1.165) is 6.07 Å². The van der Waals surface area contributed by atoms with Crippen molar-refractivity contribution < 1.29 is 17.6 Å². The van der Waals surface area contributed by atoms with Crippen molar-refractivity contribution in [1.29, 1.82) is 0 Å². The molecule has 0 aliphatic carbocycles. The Morgan fingerprint density at radius 3 is 2.58 bits per heavy atom. The van der Waals surface area contributed by atoms with Crippen LogP contribution in [0.25, 0.3) is 0 Å². The van der Waals surface area contributed by atoms with Crippen LogP contribution in [-0.2, 0) is 14.6 Å². The van der Waals surface area contributed by atoms with Gasteiger partial charge in [-0.05, 0) is 36.8 Å². The molecule has 5 nitrogen and oxygen atoms in total. The number of amides is 1. The number of para-hydroxylation sites is 1. The summed E-state index contributed by atoms with van der Waals surface area (Å²) in [6, 6.07) is 12.6. The highest BCUT2D eigenvalue weighted by Crippen LogP contribution is 2.25. The Bertz CT molecular complexity index is 906. The van der Waals surface area contributed by atoms with E-state index in [1.54, 1.807) is 24.3 Å². The molecule has 0 radical (unpaired) electrons. The highest BCUT2D eigenvalue weighted by atomic mass is 35.5. The molecule has 0 saturated carbocycles. The predicted molar refractivity (Wildman–Crippen MR) is 101 cm³/mol. The number of hydrogen-bond acceptors (Lipinski definition) is 4. The number of carbonyl (C=O) groups excluding carboxylic acids is 1. The third-order valence-corrected chi connectivity index (χ3v) is 6.22. The smallest absolute Gasteiger partial charge is 0.246 e. The molecule has 1 N–H and O–H groups in total. The standard InChI is InChI=1S/C18H18ClFN2O3S/c19-13-6-7-17(16(20)10-13)21-11-18(23)22(14-4-2-1-3-5-14)15-8-9-26(24,25)12-15/h1-7,10,15,21H,8-9,11-12H2. The van der Waals surface area contributed by atoms with Gasteiger partial charge in [0.05, 0.1) is 29.8 Å². The molecular formula is C18H18ClFN2O3S. The van der Waals surface area contributed by atoms with Crippen LogP contribution in [0.3, 0.4) is 0 Å². The molecule has 1 aliphatic rings. The Morgan fingerprint density at radius 2 is 1.96 bits per heavy atom. The van der Waals surface area contributed by atoms with E-state index >= 15 is 0 Å². The second-order valence-corrected chi connectivity index (χ2v) is 8.80. The van der Waals surface area contributed by atoms with Gasteiger partial charge in [0.25, 0.3) is 0 Å². The van der Waals surface area contributed by atoms with E-state index in [-0.39, 0.29) is 34.7 Å². The summed E-state index contributed by atoms with van der Waals surface area (Å²) < 4.78 is 37.6. The van der Waals surface area contributed by atoms with Gasteiger partial charge in [0.1, 0.15) is 5.82 Å². The van der Waals surface area contributed by atoms with E-state index in [2.05, 4.69) is 5.32 Å². The van der Waals surface area contributed by atoms with E-state index in [4.69, 9.17) is 11.6 Å². The van der Waals surface area contributed by atoms with Crippen LogP contribution in [-0.4, -0.2) is 38.4 Å². The van der Waals surface area contributed by atoms with Crippen molar-refractivity contribution in [2.75, 3.05) is 28.3 Å². The fourth-order valence-electron chi connectivity index (χ4n) is 3.01. The van der Waals surface area contributed by atoms with Crippen LogP contribution >= 0.6 is 11.6 Å². The lowest BCUT2D eigenvalue weighted by atomic mass is 10.1. The maximum absolute atomic E-state index is 13.9. The van der Waals surface area contributed by atoms with E-state index in [9.17, 15) is 17.6 Å². The predicted octanol–water partition coefficient (Wildman–Crippen LogP) is 3.11. The molecule has 3 rings (SSSR count). The number of benzene rings is 2. The van der Waals surface area contributed by atoms with E-state index in [1.165, 1.54) is 17.0 Å². The largest absolute Gasteiger partial charge is 0.374 e. The van der Waals surface area contributed by atoms with Crippen LogP contribution in [0.1, 0.15) is 6.42 Å². The highest BCUT2D eigenvalue weighted by molar-refractivity contribution is 7.91. The van der Waals surface area contributed by atoms with Gasteiger partial charge >= 0.3 is 0 Å². The van der Waals surface area contributed by atoms with Crippen molar-refractivity contribution >= 4 is 38.7 Å². The lowest BCUT2D eigenvalue weighted by molar-refractivity contribution is -0.117. The Balaban J connectivity index is 1.79. The number of nitrogens with one attached hydrogen (secondary N) is 1. The van der Waals surface area contributed by atoms with Crippen molar-refractivity contribution in [3.63, 3.8) is 0 Å². The highest BCUT2D eigenvalue weighted by Gasteiger charge is 2.35. The third kappa shape index (κ3) is 4.34. The topological polar surface area (TPSA) is 66.5 Å². The van der Waals surface area contributed by atoms with Gasteiger partial charge in [-0.2, -0.15) is 0 Å². The van der Waals surface area contributed by atoms with Crippen LogP contribution in [0, 0.1) is 5.82 Å². The van der Waals surface area contributed by atoms with Crippen LogP contribution in [0.15, 0.2) is 48.5 Å². The van der Waals surface area contributed by atoms with Gasteiger partial charge in [-0.25, -0.2) is 12.8 Å². The first kappa shape index (κ1) is 18.7. The number of hydrogen-bond donors (Lipinski definition) is 1. The number of carbonyl (C=O) groups is 1. The first-order chi connectivity index (χ1) is 12.4. The summed E-state index contributed by atoms with van der Waals surface area (Å²) in [7, 11) is -3.15. The lowest BCUT2D eigenvalue weighted by Crippen LogP contribution is -2.44. The molecule has 0 spiro atoms. The quantitative estimate of drug-likeness (QED) is 0.843. The summed E-state index contributed by atoms with van der Waals surface area (Å²) >= 11 is 5.72. The molecule has 1 heterocycles. The zero-order chi connectivity index (χ0) is 18.7. The monoisotopic (exact) mass is 396 g/mol. The zero-order valence-corrected chi connectivity index (χ0v) is 15.4. The second-order valence-electron chi connectivity index (χ2n) is 6.13. The second kappa shape index (κ2) is 7.63. The van der Waals surface area contributed by atoms with Crippen molar-refractivity contribution in [1.82, 2.24) is 0 Å². The van der Waals surface area contributed by atoms with E-state index in [1.807, 2.05) is 6.07 Å². The molecule has 1 aliphatic heterocycles. The Morgan fingerprint density at radius 1 is 1.23 bits per heavy atom. The number of nitrogens with zero attached hydrogens (tertiary/aromatic N) is 1. The minimum atomic E-state index is -3.15. The molecule has 1 unspecified atom stereocenters. The molecular weight excluding hydrogens is 379 g/mol. The average molecular weight is 397 g/mol. The third-order valence-electron chi connectivity index (χ3n) is 4.24. The Hall–Kier alpha value is -2.12. The molecule has 1 atom stereocenters. The summed E-state index contributed by atoms with van der Waals surface area (Å²) in [5.41, 5.74) is 0.785. The fraction of sp³-hybridized carbons (Fsp3) is 0.278. The summed E-state index contributed by atoms with van der Waals surface area (Å²) in [6.45, 7) is -0.163. The van der Waals surface area contributed by atoms with Crippen molar-refractivity contribution in [3.05, 3.63) is 59.4 Å². The van der Waals surface area contributed by atoms with Crippen molar-refractivity contribution in [2.24, 2.45) is 0 Å². The minimum absolute atomic E-state index is 0.0630. The SMILES string of the molecule is O=C(CNc1ccc(Cl)cc1F)N(c1ccccc1)C1CCS(=O)(=O)C1. The Labute approximate surface area is 156 Å². The van der Waals surface area contributed by atoms with Crippen LogP contribution < -0.4 is 10.2 Å². The number of sulfone groups is 1. The molecule has 1 fully saturated rings. The van der Waals surface area contributed by atoms with Gasteiger partial charge < -0.3 is 10.2 Å². The number of rotatable bonds is 5. The van der Waals surface area contributed by atoms with Crippen molar-refractivity contribution in [3.8, 4) is 0 Å². The van der Waals surface area contributed by atoms with Gasteiger partial charge in [-0.1, -0.05) is 29.8 Å². The normalized spacial score (nSPS) is 18.5. The zero-order valence-electron chi connectivity index (χ0n) is 13.9. The molecule has 26 heavy (non-hydrogen) atoms. The van der Waals surface area contributed by atoms with Gasteiger partial charge in [0.2, 0.25) is 5.91 Å². The van der Waals surface area contributed by atoms with Crippen LogP contribution in [0.2, 0.25) is 5.02 Å². The first-order valence-electron chi connectivity index (χ1n) is 8.12. The molecule has 0 bridgehead atoms. The first-order valence-corrected chi connectivity index (χ1v) is 10.3. The minimum Gasteiger partial charge on any atom is -0.374 e. The van der Waals surface area contributed by atoms with Gasteiger partial charge in [-0.3, -0.25) is 4.79 Å². The molecule has 1 amide bonds. The summed E-state index contributed by atoms with van der Waals surface area (Å²) in [5, 5.41) is 3.03. The molecule has 0 aromatic heterocycles. The fourth-order valence-corrected chi connectivity index (χ4v) is 4.87.